The molecule has 2 rings (SSSR count). The van der Waals surface area contributed by atoms with Crippen molar-refractivity contribution in [1.82, 2.24) is 10.2 Å². The molecule has 2 N–H and O–H groups in total. The molecule has 6 heteroatoms. The number of anilines is 1. The predicted octanol–water partition coefficient (Wildman–Crippen LogP) is 2.38. The average Bonchev–Trinajstić information content (AvgIpc) is 2.54. The van der Waals surface area contributed by atoms with Gasteiger partial charge in [0, 0.05) is 0 Å². The average molecular weight is 342 g/mol. The van der Waals surface area contributed by atoms with Crippen LogP contribution in [0.15, 0.2) is 24.3 Å². The number of carbonyl (C=O) groups excluding carboxylic acids is 1. The summed E-state index contributed by atoms with van der Waals surface area (Å²) in [5.41, 5.74) is 0.733. The van der Waals surface area contributed by atoms with Gasteiger partial charge in [0.2, 0.25) is 5.91 Å². The Bertz CT molecular complexity index is 477. The largest absolute Gasteiger partial charge is 0.495 e. The number of carbonyl (C=O) groups is 1. The zero-order valence-corrected chi connectivity index (χ0v) is 14.8. The molecular formula is C17H28ClN3O2. The first kappa shape index (κ1) is 19.7. The summed E-state index contributed by atoms with van der Waals surface area (Å²) in [6, 6.07) is 7.50. The third-order valence-corrected chi connectivity index (χ3v) is 4.14. The molecular weight excluding hydrogens is 314 g/mol. The molecule has 23 heavy (non-hydrogen) atoms. The number of halogens is 1. The Morgan fingerprint density at radius 2 is 2.00 bits per heavy atom. The van der Waals surface area contributed by atoms with E-state index in [9.17, 15) is 4.79 Å². The van der Waals surface area contributed by atoms with Crippen LogP contribution in [0.25, 0.3) is 0 Å². The molecule has 130 valence electrons. The van der Waals surface area contributed by atoms with E-state index in [1.54, 1.807) is 7.11 Å². The summed E-state index contributed by atoms with van der Waals surface area (Å²) in [5, 5.41) is 6.34. The van der Waals surface area contributed by atoms with Crippen molar-refractivity contribution in [1.29, 1.82) is 0 Å². The maximum atomic E-state index is 12.2. The van der Waals surface area contributed by atoms with Crippen LogP contribution in [0.3, 0.4) is 0 Å². The van der Waals surface area contributed by atoms with E-state index in [-0.39, 0.29) is 18.3 Å². The fourth-order valence-electron chi connectivity index (χ4n) is 2.84. The van der Waals surface area contributed by atoms with E-state index in [0.717, 1.165) is 50.6 Å². The summed E-state index contributed by atoms with van der Waals surface area (Å²) in [6.07, 6.45) is 2.32. The van der Waals surface area contributed by atoms with Crippen LogP contribution in [-0.4, -0.2) is 50.6 Å². The van der Waals surface area contributed by atoms with Gasteiger partial charge in [0.05, 0.1) is 19.3 Å². The van der Waals surface area contributed by atoms with Crippen LogP contribution >= 0.6 is 12.4 Å². The van der Waals surface area contributed by atoms with Crippen LogP contribution < -0.4 is 15.4 Å². The molecule has 0 aromatic heterocycles. The van der Waals surface area contributed by atoms with Crippen LogP contribution in [0.1, 0.15) is 19.8 Å². The molecule has 5 nitrogen and oxygen atoms in total. The SMILES string of the molecule is CCNCC1CCN(CC(=O)Nc2ccccc2OC)CC1.Cl. The zero-order valence-electron chi connectivity index (χ0n) is 14.0. The number of nitrogens with zero attached hydrogens (tertiary/aromatic N) is 1. The number of likely N-dealkylation sites (tertiary alicyclic amines) is 1. The molecule has 0 saturated carbocycles. The van der Waals surface area contributed by atoms with Gasteiger partial charge in [-0.2, -0.15) is 0 Å². The topological polar surface area (TPSA) is 53.6 Å². The van der Waals surface area contributed by atoms with Crippen molar-refractivity contribution in [3.8, 4) is 5.75 Å². The van der Waals surface area contributed by atoms with Crippen molar-refractivity contribution in [3.05, 3.63) is 24.3 Å². The van der Waals surface area contributed by atoms with E-state index in [4.69, 9.17) is 4.74 Å². The highest BCUT2D eigenvalue weighted by Gasteiger charge is 2.20. The quantitative estimate of drug-likeness (QED) is 0.799. The second-order valence-corrected chi connectivity index (χ2v) is 5.78. The molecule has 1 aromatic rings. The van der Waals surface area contributed by atoms with E-state index >= 15 is 0 Å². The summed E-state index contributed by atoms with van der Waals surface area (Å²) in [7, 11) is 1.61. The number of benzene rings is 1. The van der Waals surface area contributed by atoms with Crippen LogP contribution in [0.2, 0.25) is 0 Å². The molecule has 0 atom stereocenters. The number of hydrogen-bond donors (Lipinski definition) is 2. The smallest absolute Gasteiger partial charge is 0.238 e. The van der Waals surface area contributed by atoms with E-state index < -0.39 is 0 Å². The minimum atomic E-state index is 0. The molecule has 1 aliphatic heterocycles. The van der Waals surface area contributed by atoms with Gasteiger partial charge in [-0.15, -0.1) is 12.4 Å². The molecule has 1 aliphatic rings. The molecule has 0 aliphatic carbocycles. The first-order valence-corrected chi connectivity index (χ1v) is 8.09. The Morgan fingerprint density at radius 1 is 1.30 bits per heavy atom. The van der Waals surface area contributed by atoms with Crippen molar-refractivity contribution in [3.63, 3.8) is 0 Å². The maximum absolute atomic E-state index is 12.2. The van der Waals surface area contributed by atoms with Gasteiger partial charge >= 0.3 is 0 Å². The van der Waals surface area contributed by atoms with E-state index in [1.807, 2.05) is 24.3 Å². The van der Waals surface area contributed by atoms with Crippen molar-refractivity contribution in [2.24, 2.45) is 5.92 Å². The fraction of sp³-hybridized carbons (Fsp3) is 0.588. The first-order valence-electron chi connectivity index (χ1n) is 8.09. The molecule has 1 saturated heterocycles. The number of methoxy groups -OCH3 is 1. The molecule has 0 bridgehead atoms. The number of rotatable bonds is 7. The Balaban J connectivity index is 0.00000264. The van der Waals surface area contributed by atoms with Gasteiger partial charge in [0.25, 0.3) is 0 Å². The molecule has 0 unspecified atom stereocenters. The lowest BCUT2D eigenvalue weighted by Crippen LogP contribution is -2.41. The number of ether oxygens (including phenoxy) is 1. The van der Waals surface area contributed by atoms with Gasteiger partial charge in [-0.3, -0.25) is 9.69 Å². The Morgan fingerprint density at radius 3 is 2.65 bits per heavy atom. The summed E-state index contributed by atoms with van der Waals surface area (Å²) in [5.74, 6) is 1.46. The Kier molecular flexibility index (Phi) is 8.99. The van der Waals surface area contributed by atoms with Gasteiger partial charge < -0.3 is 15.4 Å². The molecule has 0 spiro atoms. The highest BCUT2D eigenvalue weighted by Crippen LogP contribution is 2.23. The van der Waals surface area contributed by atoms with E-state index in [1.165, 1.54) is 0 Å². The molecule has 1 heterocycles. The third-order valence-electron chi connectivity index (χ3n) is 4.14. The molecule has 0 radical (unpaired) electrons. The predicted molar refractivity (Wildman–Crippen MR) is 96.6 cm³/mol. The van der Waals surface area contributed by atoms with Crippen LogP contribution in [0, 0.1) is 5.92 Å². The van der Waals surface area contributed by atoms with Crippen molar-refractivity contribution >= 4 is 24.0 Å². The van der Waals surface area contributed by atoms with Gasteiger partial charge in [0.1, 0.15) is 5.75 Å². The molecule has 1 aromatic carbocycles. The standard InChI is InChI=1S/C17H27N3O2.ClH/c1-3-18-12-14-8-10-20(11-9-14)13-17(21)19-15-6-4-5-7-16(15)22-2;/h4-7,14,18H,3,8-13H2,1-2H3,(H,19,21);1H. The van der Waals surface area contributed by atoms with Crippen LogP contribution in [0.5, 0.6) is 5.75 Å². The number of piperidine rings is 1. The maximum Gasteiger partial charge on any atom is 0.238 e. The lowest BCUT2D eigenvalue weighted by Gasteiger charge is -2.31. The second-order valence-electron chi connectivity index (χ2n) is 5.78. The number of nitrogens with one attached hydrogen (secondary N) is 2. The van der Waals surface area contributed by atoms with Crippen molar-refractivity contribution < 1.29 is 9.53 Å². The van der Waals surface area contributed by atoms with E-state index in [2.05, 4.69) is 22.5 Å². The lowest BCUT2D eigenvalue weighted by atomic mass is 9.97. The fourth-order valence-corrected chi connectivity index (χ4v) is 2.84. The van der Waals surface area contributed by atoms with Gasteiger partial charge in [-0.25, -0.2) is 0 Å². The second kappa shape index (κ2) is 10.5. The summed E-state index contributed by atoms with van der Waals surface area (Å²) in [6.45, 7) is 6.70. The number of hydrogen-bond acceptors (Lipinski definition) is 4. The number of para-hydroxylation sites is 2. The summed E-state index contributed by atoms with van der Waals surface area (Å²) < 4.78 is 5.25. The summed E-state index contributed by atoms with van der Waals surface area (Å²) >= 11 is 0. The van der Waals surface area contributed by atoms with Crippen molar-refractivity contribution in [2.75, 3.05) is 45.2 Å². The highest BCUT2D eigenvalue weighted by atomic mass is 35.5. The van der Waals surface area contributed by atoms with Crippen LogP contribution in [0.4, 0.5) is 5.69 Å². The highest BCUT2D eigenvalue weighted by molar-refractivity contribution is 5.93. The normalized spacial score (nSPS) is 15.7. The third kappa shape index (κ3) is 6.37. The minimum Gasteiger partial charge on any atom is -0.495 e. The van der Waals surface area contributed by atoms with Crippen molar-refractivity contribution in [2.45, 2.75) is 19.8 Å². The van der Waals surface area contributed by atoms with Gasteiger partial charge in [0.15, 0.2) is 0 Å². The van der Waals surface area contributed by atoms with Gasteiger partial charge in [-0.05, 0) is 57.1 Å². The molecule has 1 fully saturated rings. The Labute approximate surface area is 145 Å². The minimum absolute atomic E-state index is 0. The molecule has 1 amide bonds. The Hall–Kier alpha value is -1.30. The number of amides is 1. The zero-order chi connectivity index (χ0) is 15.8. The summed E-state index contributed by atoms with van der Waals surface area (Å²) in [4.78, 5) is 14.4. The monoisotopic (exact) mass is 341 g/mol. The first-order chi connectivity index (χ1) is 10.7. The lowest BCUT2D eigenvalue weighted by molar-refractivity contribution is -0.117. The van der Waals surface area contributed by atoms with Gasteiger partial charge in [-0.1, -0.05) is 19.1 Å². The van der Waals surface area contributed by atoms with E-state index in [0.29, 0.717) is 12.3 Å². The van der Waals surface area contributed by atoms with Crippen LogP contribution in [-0.2, 0) is 4.79 Å².